The Morgan fingerprint density at radius 3 is 2.60 bits per heavy atom. The van der Waals surface area contributed by atoms with Crippen LogP contribution in [0.15, 0.2) is 10.6 Å². The SMILES string of the molecule is O=C(O)C1=C(CO)S[C@@H]2[C@@H](CO)C(=O)N12. The Bertz CT molecular complexity index is 366. The molecule has 0 aliphatic carbocycles. The third kappa shape index (κ3) is 1.27. The first kappa shape index (κ1) is 10.5. The fourth-order valence-electron chi connectivity index (χ4n) is 1.73. The molecule has 0 saturated carbocycles. The molecule has 0 spiro atoms. The molecule has 0 aromatic heterocycles. The zero-order valence-corrected chi connectivity index (χ0v) is 8.40. The van der Waals surface area contributed by atoms with Gasteiger partial charge in [-0.3, -0.25) is 9.69 Å². The van der Waals surface area contributed by atoms with Crippen molar-refractivity contribution in [1.29, 1.82) is 0 Å². The fraction of sp³-hybridized carbons (Fsp3) is 0.500. The van der Waals surface area contributed by atoms with Gasteiger partial charge < -0.3 is 15.3 Å². The summed E-state index contributed by atoms with van der Waals surface area (Å²) in [7, 11) is 0. The van der Waals surface area contributed by atoms with Crippen LogP contribution in [0.25, 0.3) is 0 Å². The summed E-state index contributed by atoms with van der Waals surface area (Å²) in [4.78, 5) is 23.7. The van der Waals surface area contributed by atoms with Gasteiger partial charge in [0.2, 0.25) is 5.91 Å². The summed E-state index contributed by atoms with van der Waals surface area (Å²) in [6.45, 7) is -0.691. The molecule has 2 aliphatic heterocycles. The van der Waals surface area contributed by atoms with Crippen LogP contribution in [0.5, 0.6) is 0 Å². The number of nitrogens with zero attached hydrogens (tertiary/aromatic N) is 1. The van der Waals surface area contributed by atoms with E-state index >= 15 is 0 Å². The van der Waals surface area contributed by atoms with Crippen molar-refractivity contribution < 1.29 is 24.9 Å². The Morgan fingerprint density at radius 2 is 2.13 bits per heavy atom. The normalized spacial score (nSPS) is 29.2. The maximum atomic E-state index is 11.4. The predicted octanol–water partition coefficient (Wildman–Crippen LogP) is -1.20. The Morgan fingerprint density at radius 1 is 1.47 bits per heavy atom. The number of hydrogen-bond donors (Lipinski definition) is 3. The lowest BCUT2D eigenvalue weighted by Gasteiger charge is -2.41. The van der Waals surface area contributed by atoms with Crippen LogP contribution >= 0.6 is 11.8 Å². The minimum absolute atomic E-state index is 0.151. The number of amides is 1. The highest BCUT2D eigenvalue weighted by molar-refractivity contribution is 8.04. The molecule has 0 aromatic rings. The number of aliphatic carboxylic acids is 1. The number of fused-ring (bicyclic) bond motifs is 1. The summed E-state index contributed by atoms with van der Waals surface area (Å²) in [5, 5.41) is 26.4. The Balaban J connectivity index is 2.29. The maximum Gasteiger partial charge on any atom is 0.353 e. The second-order valence-corrected chi connectivity index (χ2v) is 4.45. The first-order valence-corrected chi connectivity index (χ1v) is 5.17. The van der Waals surface area contributed by atoms with Gasteiger partial charge in [0.1, 0.15) is 11.1 Å². The molecule has 0 radical (unpaired) electrons. The summed E-state index contributed by atoms with van der Waals surface area (Å²) >= 11 is 1.13. The lowest BCUT2D eigenvalue weighted by Crippen LogP contribution is -2.58. The van der Waals surface area contributed by atoms with Crippen LogP contribution in [0.2, 0.25) is 0 Å². The Kier molecular flexibility index (Phi) is 2.45. The molecule has 3 N–H and O–H groups in total. The highest BCUT2D eigenvalue weighted by Gasteiger charge is 2.55. The molecule has 0 bridgehead atoms. The number of β-lactam (4-membered cyclic amide) rings is 1. The van der Waals surface area contributed by atoms with E-state index in [9.17, 15) is 9.59 Å². The van der Waals surface area contributed by atoms with Crippen molar-refractivity contribution in [3.8, 4) is 0 Å². The average molecular weight is 231 g/mol. The number of carbonyl (C=O) groups is 2. The van der Waals surface area contributed by atoms with Crippen molar-refractivity contribution in [2.24, 2.45) is 5.92 Å². The number of thioether (sulfide) groups is 1. The number of rotatable bonds is 3. The number of carbonyl (C=O) groups excluding carboxylic acids is 1. The highest BCUT2D eigenvalue weighted by Crippen LogP contribution is 2.48. The van der Waals surface area contributed by atoms with E-state index in [1.165, 1.54) is 0 Å². The van der Waals surface area contributed by atoms with Gasteiger partial charge in [-0.15, -0.1) is 0 Å². The van der Waals surface area contributed by atoms with Crippen molar-refractivity contribution in [3.63, 3.8) is 0 Å². The van der Waals surface area contributed by atoms with Crippen LogP contribution in [0.3, 0.4) is 0 Å². The summed E-state index contributed by atoms with van der Waals surface area (Å²) in [6.07, 6.45) is 0. The number of hydrogen-bond acceptors (Lipinski definition) is 5. The lowest BCUT2D eigenvalue weighted by molar-refractivity contribution is -0.153. The van der Waals surface area contributed by atoms with Gasteiger partial charge in [0.25, 0.3) is 0 Å². The van der Waals surface area contributed by atoms with Crippen LogP contribution < -0.4 is 0 Å². The second-order valence-electron chi connectivity index (χ2n) is 3.24. The van der Waals surface area contributed by atoms with Gasteiger partial charge >= 0.3 is 5.97 Å². The predicted molar refractivity (Wildman–Crippen MR) is 50.5 cm³/mol. The quantitative estimate of drug-likeness (QED) is 0.528. The first-order valence-electron chi connectivity index (χ1n) is 4.29. The van der Waals surface area contributed by atoms with Crippen LogP contribution in [-0.2, 0) is 9.59 Å². The van der Waals surface area contributed by atoms with E-state index in [4.69, 9.17) is 15.3 Å². The van der Waals surface area contributed by atoms with E-state index in [2.05, 4.69) is 0 Å². The topological polar surface area (TPSA) is 98.1 Å². The molecule has 0 unspecified atom stereocenters. The third-order valence-corrected chi connectivity index (χ3v) is 3.85. The Hall–Kier alpha value is -1.05. The molecule has 15 heavy (non-hydrogen) atoms. The summed E-state index contributed by atoms with van der Waals surface area (Å²) in [6, 6.07) is 0. The van der Waals surface area contributed by atoms with Gasteiger partial charge in [-0.05, 0) is 0 Å². The summed E-state index contributed by atoms with van der Waals surface area (Å²) in [5.74, 6) is -2.16. The number of aliphatic hydroxyl groups excluding tert-OH is 2. The lowest BCUT2D eigenvalue weighted by atomic mass is 9.98. The van der Waals surface area contributed by atoms with Crippen molar-refractivity contribution in [1.82, 2.24) is 4.90 Å². The molecule has 0 aromatic carbocycles. The van der Waals surface area contributed by atoms with Gasteiger partial charge in [-0.25, -0.2) is 4.79 Å². The molecule has 2 heterocycles. The molecular weight excluding hydrogens is 222 g/mol. The van der Waals surface area contributed by atoms with Crippen molar-refractivity contribution in [2.75, 3.05) is 13.2 Å². The van der Waals surface area contributed by atoms with Gasteiger partial charge in [0.05, 0.1) is 19.1 Å². The van der Waals surface area contributed by atoms with Crippen LogP contribution in [0.1, 0.15) is 0 Å². The third-order valence-electron chi connectivity index (χ3n) is 2.46. The fourth-order valence-corrected chi connectivity index (χ4v) is 3.08. The molecule has 1 amide bonds. The van der Waals surface area contributed by atoms with Gasteiger partial charge in [-0.1, -0.05) is 11.8 Å². The molecule has 1 fully saturated rings. The number of aliphatic hydroxyl groups is 2. The van der Waals surface area contributed by atoms with E-state index in [-0.39, 0.29) is 22.6 Å². The minimum atomic E-state index is -1.22. The van der Waals surface area contributed by atoms with Gasteiger partial charge in [0, 0.05) is 4.91 Å². The zero-order valence-electron chi connectivity index (χ0n) is 7.58. The standard InChI is InChI=1S/C8H9NO5S/c10-1-3-6(12)9-5(8(13)14)4(2-11)15-7(3)9/h3,7,10-11H,1-2H2,(H,13,14)/t3-,7+/m0/s1. The molecule has 1 saturated heterocycles. The molecule has 7 heteroatoms. The minimum Gasteiger partial charge on any atom is -0.477 e. The smallest absolute Gasteiger partial charge is 0.353 e. The van der Waals surface area contributed by atoms with Gasteiger partial charge in [0.15, 0.2) is 0 Å². The van der Waals surface area contributed by atoms with E-state index < -0.39 is 24.4 Å². The molecule has 2 atom stereocenters. The largest absolute Gasteiger partial charge is 0.477 e. The van der Waals surface area contributed by atoms with Gasteiger partial charge in [-0.2, -0.15) is 0 Å². The van der Waals surface area contributed by atoms with Crippen molar-refractivity contribution in [3.05, 3.63) is 10.6 Å². The van der Waals surface area contributed by atoms with Crippen LogP contribution in [0.4, 0.5) is 0 Å². The monoisotopic (exact) mass is 231 g/mol. The molecule has 2 aliphatic rings. The molecule has 6 nitrogen and oxygen atoms in total. The number of carboxylic acid groups (broad SMARTS) is 1. The summed E-state index contributed by atoms with van der Waals surface area (Å²) in [5.41, 5.74) is -0.151. The highest BCUT2D eigenvalue weighted by atomic mass is 32.2. The maximum absolute atomic E-state index is 11.4. The van der Waals surface area contributed by atoms with Crippen LogP contribution in [-0.4, -0.2) is 50.7 Å². The summed E-state index contributed by atoms with van der Waals surface area (Å²) < 4.78 is 0. The number of carboxylic acids is 1. The van der Waals surface area contributed by atoms with Crippen molar-refractivity contribution >= 4 is 23.6 Å². The zero-order chi connectivity index (χ0) is 11.2. The van der Waals surface area contributed by atoms with E-state index in [0.29, 0.717) is 0 Å². The average Bonchev–Trinajstić information content (AvgIpc) is 2.53. The van der Waals surface area contributed by atoms with E-state index in [1.54, 1.807) is 0 Å². The molecule has 82 valence electrons. The Labute approximate surface area is 89.2 Å². The molecule has 2 rings (SSSR count). The van der Waals surface area contributed by atoms with Crippen molar-refractivity contribution in [2.45, 2.75) is 5.37 Å². The second kappa shape index (κ2) is 3.51. The van der Waals surface area contributed by atoms with Crippen LogP contribution in [0, 0.1) is 5.92 Å². The molecular formula is C8H9NO5S. The van der Waals surface area contributed by atoms with E-state index in [1.807, 2.05) is 0 Å². The first-order chi connectivity index (χ1) is 7.11. The van der Waals surface area contributed by atoms with E-state index in [0.717, 1.165) is 16.7 Å².